The second-order valence-electron chi connectivity index (χ2n) is 2.47. The lowest BCUT2D eigenvalue weighted by atomic mass is 9.93. The minimum Gasteiger partial charge on any atom is -0.197 e. The standard InChI is InChI=1S/C7H9N/c1-7(6-8)4-2-3-5-7/h2,4H,3,5H2,1H3. The van der Waals surface area contributed by atoms with Crippen molar-refractivity contribution in [2.75, 3.05) is 0 Å². The fourth-order valence-corrected chi connectivity index (χ4v) is 0.903. The molecule has 0 aromatic heterocycles. The smallest absolute Gasteiger partial charge is 0.0728 e. The van der Waals surface area contributed by atoms with Gasteiger partial charge in [-0.1, -0.05) is 12.2 Å². The summed E-state index contributed by atoms with van der Waals surface area (Å²) in [6, 6.07) is 2.25. The highest BCUT2D eigenvalue weighted by Gasteiger charge is 2.22. The van der Waals surface area contributed by atoms with Gasteiger partial charge in [-0.05, 0) is 19.8 Å². The minimum atomic E-state index is -0.139. The Morgan fingerprint density at radius 2 is 2.50 bits per heavy atom. The highest BCUT2D eigenvalue weighted by molar-refractivity contribution is 5.15. The molecule has 0 saturated heterocycles. The van der Waals surface area contributed by atoms with Crippen LogP contribution in [0, 0.1) is 16.7 Å². The SMILES string of the molecule is CC1(C#N)C=CCC1. The summed E-state index contributed by atoms with van der Waals surface area (Å²) in [4.78, 5) is 0. The highest BCUT2D eigenvalue weighted by atomic mass is 14.3. The summed E-state index contributed by atoms with van der Waals surface area (Å²) in [7, 11) is 0. The van der Waals surface area contributed by atoms with E-state index in [1.165, 1.54) is 0 Å². The third kappa shape index (κ3) is 0.742. The predicted molar refractivity (Wildman–Crippen MR) is 32.1 cm³/mol. The summed E-state index contributed by atoms with van der Waals surface area (Å²) >= 11 is 0. The van der Waals surface area contributed by atoms with E-state index in [1.54, 1.807) is 0 Å². The topological polar surface area (TPSA) is 23.8 Å². The monoisotopic (exact) mass is 107 g/mol. The lowest BCUT2D eigenvalue weighted by Gasteiger charge is -2.07. The van der Waals surface area contributed by atoms with Gasteiger partial charge in [0.25, 0.3) is 0 Å². The Morgan fingerprint density at radius 1 is 1.75 bits per heavy atom. The van der Waals surface area contributed by atoms with Gasteiger partial charge in [-0.2, -0.15) is 5.26 Å². The summed E-state index contributed by atoms with van der Waals surface area (Å²) in [6.45, 7) is 1.97. The van der Waals surface area contributed by atoms with Crippen molar-refractivity contribution in [2.24, 2.45) is 5.41 Å². The van der Waals surface area contributed by atoms with Gasteiger partial charge in [-0.3, -0.25) is 0 Å². The minimum absolute atomic E-state index is 0.139. The van der Waals surface area contributed by atoms with Gasteiger partial charge in [0, 0.05) is 0 Å². The van der Waals surface area contributed by atoms with Crippen molar-refractivity contribution >= 4 is 0 Å². The van der Waals surface area contributed by atoms with Crippen LogP contribution >= 0.6 is 0 Å². The van der Waals surface area contributed by atoms with E-state index in [-0.39, 0.29) is 5.41 Å². The average Bonchev–Trinajstić information content (AvgIpc) is 2.17. The van der Waals surface area contributed by atoms with Crippen LogP contribution in [0.15, 0.2) is 12.2 Å². The van der Waals surface area contributed by atoms with Gasteiger partial charge >= 0.3 is 0 Å². The van der Waals surface area contributed by atoms with Crippen LogP contribution in [-0.4, -0.2) is 0 Å². The Balaban J connectivity index is 2.72. The molecule has 1 nitrogen and oxygen atoms in total. The van der Waals surface area contributed by atoms with E-state index in [1.807, 2.05) is 13.0 Å². The maximum absolute atomic E-state index is 8.52. The first kappa shape index (κ1) is 5.37. The molecule has 1 aliphatic carbocycles. The third-order valence-electron chi connectivity index (χ3n) is 1.57. The molecule has 0 N–H and O–H groups in total. The molecular weight excluding hydrogens is 98.1 g/mol. The van der Waals surface area contributed by atoms with Crippen molar-refractivity contribution in [1.82, 2.24) is 0 Å². The maximum Gasteiger partial charge on any atom is 0.0728 e. The zero-order valence-corrected chi connectivity index (χ0v) is 5.02. The molecule has 1 unspecified atom stereocenters. The average molecular weight is 107 g/mol. The molecule has 1 heteroatoms. The number of allylic oxidation sites excluding steroid dienone is 2. The van der Waals surface area contributed by atoms with Crippen LogP contribution in [0.5, 0.6) is 0 Å². The van der Waals surface area contributed by atoms with Crippen molar-refractivity contribution < 1.29 is 0 Å². The molecule has 0 saturated carbocycles. The Morgan fingerprint density at radius 3 is 2.75 bits per heavy atom. The number of rotatable bonds is 0. The molecule has 0 amide bonds. The normalized spacial score (nSPS) is 35.0. The molecule has 8 heavy (non-hydrogen) atoms. The quantitative estimate of drug-likeness (QED) is 0.433. The largest absolute Gasteiger partial charge is 0.197 e. The highest BCUT2D eigenvalue weighted by Crippen LogP contribution is 2.29. The van der Waals surface area contributed by atoms with Crippen LogP contribution in [-0.2, 0) is 0 Å². The molecule has 0 bridgehead atoms. The predicted octanol–water partition coefficient (Wildman–Crippen LogP) is 1.87. The molecule has 0 spiro atoms. The van der Waals surface area contributed by atoms with Gasteiger partial charge in [-0.25, -0.2) is 0 Å². The van der Waals surface area contributed by atoms with Crippen LogP contribution in [0.1, 0.15) is 19.8 Å². The van der Waals surface area contributed by atoms with Crippen molar-refractivity contribution in [3.05, 3.63) is 12.2 Å². The van der Waals surface area contributed by atoms with Gasteiger partial charge in [0.05, 0.1) is 11.5 Å². The number of hydrogen-bond acceptors (Lipinski definition) is 1. The van der Waals surface area contributed by atoms with Crippen LogP contribution in [0.3, 0.4) is 0 Å². The zero-order valence-electron chi connectivity index (χ0n) is 5.02. The van der Waals surface area contributed by atoms with Crippen molar-refractivity contribution in [3.8, 4) is 6.07 Å². The molecule has 0 aliphatic heterocycles. The first-order valence-electron chi connectivity index (χ1n) is 2.86. The van der Waals surface area contributed by atoms with Crippen LogP contribution in [0.25, 0.3) is 0 Å². The summed E-state index contributed by atoms with van der Waals surface area (Å²) < 4.78 is 0. The van der Waals surface area contributed by atoms with Gasteiger partial charge in [-0.15, -0.1) is 0 Å². The molecule has 0 aromatic rings. The molecule has 0 aromatic carbocycles. The lowest BCUT2D eigenvalue weighted by Crippen LogP contribution is -2.03. The molecule has 0 heterocycles. The number of hydrogen-bond donors (Lipinski definition) is 0. The van der Waals surface area contributed by atoms with Crippen LogP contribution < -0.4 is 0 Å². The first-order valence-corrected chi connectivity index (χ1v) is 2.86. The van der Waals surface area contributed by atoms with E-state index >= 15 is 0 Å². The van der Waals surface area contributed by atoms with Crippen molar-refractivity contribution in [3.63, 3.8) is 0 Å². The second kappa shape index (κ2) is 1.63. The fraction of sp³-hybridized carbons (Fsp3) is 0.571. The first-order chi connectivity index (χ1) is 3.77. The molecule has 0 fully saturated rings. The Hall–Kier alpha value is -0.770. The lowest BCUT2D eigenvalue weighted by molar-refractivity contribution is 0.554. The van der Waals surface area contributed by atoms with E-state index in [2.05, 4.69) is 12.1 Å². The van der Waals surface area contributed by atoms with Gasteiger partial charge in [0.15, 0.2) is 0 Å². The molecule has 42 valence electrons. The molecule has 0 radical (unpaired) electrons. The summed E-state index contributed by atoms with van der Waals surface area (Å²) in [6.07, 6.45) is 6.14. The zero-order chi connectivity index (χ0) is 6.04. The van der Waals surface area contributed by atoms with E-state index < -0.39 is 0 Å². The molecular formula is C7H9N. The van der Waals surface area contributed by atoms with Crippen LogP contribution in [0.2, 0.25) is 0 Å². The fourth-order valence-electron chi connectivity index (χ4n) is 0.903. The van der Waals surface area contributed by atoms with E-state index in [4.69, 9.17) is 5.26 Å². The Bertz CT molecular complexity index is 152. The number of nitrogens with zero attached hydrogens (tertiary/aromatic N) is 1. The van der Waals surface area contributed by atoms with Crippen LogP contribution in [0.4, 0.5) is 0 Å². The molecule has 1 atom stereocenters. The third-order valence-corrected chi connectivity index (χ3v) is 1.57. The summed E-state index contributed by atoms with van der Waals surface area (Å²) in [5, 5.41) is 8.52. The van der Waals surface area contributed by atoms with Crippen molar-refractivity contribution in [2.45, 2.75) is 19.8 Å². The molecule has 1 aliphatic rings. The van der Waals surface area contributed by atoms with E-state index in [0.29, 0.717) is 0 Å². The second-order valence-corrected chi connectivity index (χ2v) is 2.47. The van der Waals surface area contributed by atoms with E-state index in [0.717, 1.165) is 12.8 Å². The van der Waals surface area contributed by atoms with Crippen molar-refractivity contribution in [1.29, 1.82) is 5.26 Å². The summed E-state index contributed by atoms with van der Waals surface area (Å²) in [5.41, 5.74) is -0.139. The Kier molecular flexibility index (Phi) is 1.09. The molecule has 1 rings (SSSR count). The maximum atomic E-state index is 8.52. The number of nitriles is 1. The van der Waals surface area contributed by atoms with Gasteiger partial charge in [0.2, 0.25) is 0 Å². The van der Waals surface area contributed by atoms with Gasteiger partial charge < -0.3 is 0 Å². The van der Waals surface area contributed by atoms with E-state index in [9.17, 15) is 0 Å². The summed E-state index contributed by atoms with van der Waals surface area (Å²) in [5.74, 6) is 0. The Labute approximate surface area is 49.6 Å². The van der Waals surface area contributed by atoms with Gasteiger partial charge in [0.1, 0.15) is 0 Å².